The fraction of sp³-hybridized carbons (Fsp3) is 0.375. The summed E-state index contributed by atoms with van der Waals surface area (Å²) in [6, 6.07) is 16.7. The van der Waals surface area contributed by atoms with Crippen LogP contribution >= 0.6 is 0 Å². The highest BCUT2D eigenvalue weighted by Gasteiger charge is 2.26. The highest BCUT2D eigenvalue weighted by Crippen LogP contribution is 2.36. The first-order valence-corrected chi connectivity index (χ1v) is 10.2. The second kappa shape index (κ2) is 8.61. The average molecular weight is 377 g/mol. The first-order chi connectivity index (χ1) is 13.8. The largest absolute Gasteiger partial charge is 0.488 e. The maximum absolute atomic E-state index is 12.0. The van der Waals surface area contributed by atoms with E-state index in [-0.39, 0.29) is 11.9 Å². The zero-order valence-corrected chi connectivity index (χ0v) is 16.4. The molecule has 2 aliphatic heterocycles. The van der Waals surface area contributed by atoms with Crippen molar-refractivity contribution in [3.63, 3.8) is 0 Å². The Balaban J connectivity index is 1.53. The van der Waals surface area contributed by atoms with Crippen LogP contribution in [0.3, 0.4) is 0 Å². The molecule has 0 spiro atoms. The third kappa shape index (κ3) is 3.97. The van der Waals surface area contributed by atoms with E-state index in [4.69, 9.17) is 9.47 Å². The number of carbonyl (C=O) groups excluding carboxylic acids is 1. The predicted octanol–water partition coefficient (Wildman–Crippen LogP) is 4.29. The van der Waals surface area contributed by atoms with E-state index in [0.29, 0.717) is 13.2 Å². The molecule has 0 bridgehead atoms. The summed E-state index contributed by atoms with van der Waals surface area (Å²) in [7, 11) is 0. The van der Waals surface area contributed by atoms with Crippen LogP contribution in [0.5, 0.6) is 5.75 Å². The molecule has 4 rings (SSSR count). The molecule has 2 heterocycles. The van der Waals surface area contributed by atoms with E-state index in [1.807, 2.05) is 19.1 Å². The molecule has 0 unspecified atom stereocenters. The van der Waals surface area contributed by atoms with Crippen LogP contribution in [-0.4, -0.2) is 37.1 Å². The highest BCUT2D eigenvalue weighted by molar-refractivity contribution is 5.85. The first kappa shape index (κ1) is 18.8. The number of fused-ring (bicyclic) bond motifs is 2. The maximum Gasteiger partial charge on any atom is 0.309 e. The van der Waals surface area contributed by atoms with Gasteiger partial charge in [-0.3, -0.25) is 9.69 Å². The van der Waals surface area contributed by atoms with Gasteiger partial charge in [-0.1, -0.05) is 48.5 Å². The number of likely N-dealkylation sites (tertiary alicyclic amines) is 1. The lowest BCUT2D eigenvalue weighted by Crippen LogP contribution is -2.37. The van der Waals surface area contributed by atoms with Gasteiger partial charge in [-0.25, -0.2) is 0 Å². The Hall–Kier alpha value is -2.59. The van der Waals surface area contributed by atoms with Crippen molar-refractivity contribution >= 4 is 11.5 Å². The molecule has 4 heteroatoms. The minimum absolute atomic E-state index is 0.0377. The van der Waals surface area contributed by atoms with Gasteiger partial charge < -0.3 is 9.47 Å². The molecule has 2 aliphatic rings. The number of esters is 1. The molecule has 2 aromatic carbocycles. The Morgan fingerprint density at radius 3 is 2.61 bits per heavy atom. The van der Waals surface area contributed by atoms with Gasteiger partial charge in [0.15, 0.2) is 0 Å². The summed E-state index contributed by atoms with van der Waals surface area (Å²) >= 11 is 0. The van der Waals surface area contributed by atoms with Crippen molar-refractivity contribution in [1.29, 1.82) is 0 Å². The van der Waals surface area contributed by atoms with Gasteiger partial charge in [-0.2, -0.15) is 0 Å². The number of nitrogens with zero attached hydrogens (tertiary/aromatic N) is 1. The van der Waals surface area contributed by atoms with Gasteiger partial charge in [0.05, 0.1) is 12.5 Å². The minimum atomic E-state index is -0.0377. The monoisotopic (exact) mass is 377 g/mol. The van der Waals surface area contributed by atoms with Crippen LogP contribution in [0.1, 0.15) is 36.5 Å². The number of rotatable bonds is 4. The Morgan fingerprint density at radius 1 is 1.11 bits per heavy atom. The number of hydrogen-bond acceptors (Lipinski definition) is 4. The van der Waals surface area contributed by atoms with Crippen molar-refractivity contribution in [2.45, 2.75) is 26.4 Å². The fourth-order valence-electron chi connectivity index (χ4n) is 4.08. The average Bonchev–Trinajstić information content (AvgIpc) is 2.90. The lowest BCUT2D eigenvalue weighted by molar-refractivity contribution is -0.149. The van der Waals surface area contributed by atoms with Gasteiger partial charge in [-0.15, -0.1) is 0 Å². The Morgan fingerprint density at radius 2 is 1.82 bits per heavy atom. The van der Waals surface area contributed by atoms with Crippen LogP contribution in [0.2, 0.25) is 0 Å². The van der Waals surface area contributed by atoms with E-state index >= 15 is 0 Å². The van der Waals surface area contributed by atoms with Crippen LogP contribution < -0.4 is 4.74 Å². The van der Waals surface area contributed by atoms with Crippen molar-refractivity contribution in [1.82, 2.24) is 4.90 Å². The highest BCUT2D eigenvalue weighted by atomic mass is 16.5. The van der Waals surface area contributed by atoms with Crippen molar-refractivity contribution in [3.8, 4) is 5.75 Å². The van der Waals surface area contributed by atoms with Crippen LogP contribution in [0.4, 0.5) is 0 Å². The zero-order valence-electron chi connectivity index (χ0n) is 16.4. The molecular formula is C24H27NO3. The van der Waals surface area contributed by atoms with Crippen LogP contribution in [0, 0.1) is 5.92 Å². The second-order valence-corrected chi connectivity index (χ2v) is 7.39. The van der Waals surface area contributed by atoms with E-state index in [0.717, 1.165) is 43.8 Å². The van der Waals surface area contributed by atoms with Gasteiger partial charge >= 0.3 is 5.97 Å². The maximum atomic E-state index is 12.0. The van der Waals surface area contributed by atoms with Crippen LogP contribution in [0.25, 0.3) is 5.57 Å². The lowest BCUT2D eigenvalue weighted by Gasteiger charge is -2.30. The summed E-state index contributed by atoms with van der Waals surface area (Å²) in [5.74, 6) is 0.951. The minimum Gasteiger partial charge on any atom is -0.488 e. The number of piperidine rings is 1. The Kier molecular flexibility index (Phi) is 5.77. The molecule has 0 radical (unpaired) electrons. The molecule has 28 heavy (non-hydrogen) atoms. The van der Waals surface area contributed by atoms with Crippen LogP contribution in [0.15, 0.2) is 54.6 Å². The van der Waals surface area contributed by atoms with Crippen molar-refractivity contribution in [2.24, 2.45) is 5.92 Å². The van der Waals surface area contributed by atoms with Gasteiger partial charge in [0.1, 0.15) is 12.4 Å². The molecule has 0 N–H and O–H groups in total. The quantitative estimate of drug-likeness (QED) is 0.746. The molecule has 146 valence electrons. The standard InChI is InChI=1S/C24H27NO3/c1-2-27-24(26)18-11-14-25(15-12-18)16-13-21-20-8-4-3-7-19(20)17-28-23-10-6-5-9-22(21)23/h3-10,13,18H,2,11-12,14-17H2,1H3. The fourth-order valence-corrected chi connectivity index (χ4v) is 4.08. The summed E-state index contributed by atoms with van der Waals surface area (Å²) < 4.78 is 11.2. The van der Waals surface area contributed by atoms with E-state index in [2.05, 4.69) is 47.4 Å². The predicted molar refractivity (Wildman–Crippen MR) is 110 cm³/mol. The van der Waals surface area contributed by atoms with Gasteiger partial charge in [-0.05, 0) is 55.6 Å². The van der Waals surface area contributed by atoms with Gasteiger partial charge in [0, 0.05) is 12.1 Å². The number of ether oxygens (including phenoxy) is 2. The molecular weight excluding hydrogens is 350 g/mol. The summed E-state index contributed by atoms with van der Waals surface area (Å²) in [6.07, 6.45) is 4.06. The van der Waals surface area contributed by atoms with E-state index in [9.17, 15) is 4.79 Å². The van der Waals surface area contributed by atoms with Crippen molar-refractivity contribution < 1.29 is 14.3 Å². The lowest BCUT2D eigenvalue weighted by atomic mass is 9.93. The summed E-state index contributed by atoms with van der Waals surface area (Å²) in [5.41, 5.74) is 4.84. The Labute approximate surface area is 166 Å². The third-order valence-electron chi connectivity index (χ3n) is 5.63. The number of benzene rings is 2. The van der Waals surface area contributed by atoms with Gasteiger partial charge in [0.25, 0.3) is 0 Å². The van der Waals surface area contributed by atoms with Crippen molar-refractivity contribution in [3.05, 3.63) is 71.3 Å². The summed E-state index contributed by atoms with van der Waals surface area (Å²) in [6.45, 7) is 5.64. The van der Waals surface area contributed by atoms with Crippen LogP contribution in [-0.2, 0) is 16.1 Å². The smallest absolute Gasteiger partial charge is 0.309 e. The molecule has 2 aromatic rings. The van der Waals surface area contributed by atoms with E-state index in [1.54, 1.807) is 0 Å². The normalized spacial score (nSPS) is 18.7. The molecule has 0 aliphatic carbocycles. The molecule has 0 amide bonds. The van der Waals surface area contributed by atoms with E-state index < -0.39 is 0 Å². The second-order valence-electron chi connectivity index (χ2n) is 7.39. The number of hydrogen-bond donors (Lipinski definition) is 0. The topological polar surface area (TPSA) is 38.8 Å². The molecule has 1 saturated heterocycles. The van der Waals surface area contributed by atoms with Gasteiger partial charge in [0.2, 0.25) is 0 Å². The third-order valence-corrected chi connectivity index (χ3v) is 5.63. The summed E-state index contributed by atoms with van der Waals surface area (Å²) in [4.78, 5) is 14.4. The Bertz CT molecular complexity index is 816. The molecule has 0 aromatic heterocycles. The summed E-state index contributed by atoms with van der Waals surface area (Å²) in [5, 5.41) is 0. The zero-order chi connectivity index (χ0) is 19.3. The number of carbonyl (C=O) groups is 1. The van der Waals surface area contributed by atoms with Crippen molar-refractivity contribution in [2.75, 3.05) is 26.2 Å². The molecule has 4 nitrogen and oxygen atoms in total. The molecule has 0 saturated carbocycles. The molecule has 1 fully saturated rings. The first-order valence-electron chi connectivity index (χ1n) is 10.2. The number of para-hydroxylation sites is 1. The molecule has 0 atom stereocenters. The SMILES string of the molecule is CCOC(=O)C1CCN(CC=C2c3ccccc3COc3ccccc32)CC1. The van der Waals surface area contributed by atoms with E-state index in [1.165, 1.54) is 16.7 Å².